The van der Waals surface area contributed by atoms with E-state index in [0.29, 0.717) is 0 Å². The van der Waals surface area contributed by atoms with Gasteiger partial charge in [-0.1, -0.05) is 44.0 Å². The Morgan fingerprint density at radius 2 is 1.58 bits per heavy atom. The number of aryl methyl sites for hydroxylation is 2. The van der Waals surface area contributed by atoms with Gasteiger partial charge in [-0.15, -0.1) is 0 Å². The molecule has 0 aliphatic carbocycles. The zero-order chi connectivity index (χ0) is 14.0. The average Bonchev–Trinajstić information content (AvgIpc) is 2.36. The SMILES string of the molecule is Cc1cc(C)cc(N(C)c2ccc(CBr)c(Br)c2)c1. The third-order valence-corrected chi connectivity index (χ3v) is 4.50. The summed E-state index contributed by atoms with van der Waals surface area (Å²) in [4.78, 5) is 2.21. The van der Waals surface area contributed by atoms with Crippen LogP contribution in [0.25, 0.3) is 0 Å². The molecule has 0 aliphatic rings. The van der Waals surface area contributed by atoms with Crippen molar-refractivity contribution in [1.29, 1.82) is 0 Å². The van der Waals surface area contributed by atoms with E-state index in [2.05, 4.69) is 94.1 Å². The highest BCUT2D eigenvalue weighted by Gasteiger charge is 2.07. The first kappa shape index (κ1) is 14.6. The van der Waals surface area contributed by atoms with Crippen LogP contribution >= 0.6 is 31.9 Å². The second-order valence-electron chi connectivity index (χ2n) is 4.81. The standard InChI is InChI=1S/C16H17Br2N/c1-11-6-12(2)8-15(7-11)19(3)14-5-4-13(10-17)16(18)9-14/h4-9H,10H2,1-3H3. The van der Waals surface area contributed by atoms with Crippen LogP contribution in [0.4, 0.5) is 11.4 Å². The number of rotatable bonds is 3. The Balaban J connectivity index is 2.38. The molecule has 0 heterocycles. The lowest BCUT2D eigenvalue weighted by atomic mass is 10.1. The predicted molar refractivity (Wildman–Crippen MR) is 90.8 cm³/mol. The fourth-order valence-corrected chi connectivity index (χ4v) is 3.52. The molecule has 0 spiro atoms. The fraction of sp³-hybridized carbons (Fsp3) is 0.250. The van der Waals surface area contributed by atoms with Gasteiger partial charge >= 0.3 is 0 Å². The largest absolute Gasteiger partial charge is 0.345 e. The molecular formula is C16H17Br2N. The minimum atomic E-state index is 0.862. The molecule has 0 amide bonds. The molecule has 0 saturated heterocycles. The van der Waals surface area contributed by atoms with Gasteiger partial charge < -0.3 is 4.90 Å². The van der Waals surface area contributed by atoms with Crippen molar-refractivity contribution >= 4 is 43.2 Å². The minimum Gasteiger partial charge on any atom is -0.345 e. The van der Waals surface area contributed by atoms with Gasteiger partial charge in [0.2, 0.25) is 0 Å². The van der Waals surface area contributed by atoms with Crippen molar-refractivity contribution in [2.24, 2.45) is 0 Å². The van der Waals surface area contributed by atoms with Gasteiger partial charge in [0, 0.05) is 28.2 Å². The Bertz CT molecular complexity index is 573. The van der Waals surface area contributed by atoms with E-state index in [1.807, 2.05) is 0 Å². The summed E-state index contributed by atoms with van der Waals surface area (Å²) in [6, 6.07) is 13.1. The van der Waals surface area contributed by atoms with Crippen molar-refractivity contribution in [3.63, 3.8) is 0 Å². The molecule has 2 aromatic carbocycles. The smallest absolute Gasteiger partial charge is 0.0419 e. The molecule has 0 radical (unpaired) electrons. The quantitative estimate of drug-likeness (QED) is 0.612. The highest BCUT2D eigenvalue weighted by atomic mass is 79.9. The monoisotopic (exact) mass is 381 g/mol. The molecule has 1 nitrogen and oxygen atoms in total. The van der Waals surface area contributed by atoms with Gasteiger partial charge in [0.05, 0.1) is 0 Å². The van der Waals surface area contributed by atoms with Crippen LogP contribution in [0.2, 0.25) is 0 Å². The molecule has 0 fully saturated rings. The van der Waals surface area contributed by atoms with Gasteiger partial charge in [0.1, 0.15) is 0 Å². The molecule has 3 heteroatoms. The van der Waals surface area contributed by atoms with Crippen LogP contribution in [0.1, 0.15) is 16.7 Å². The molecular weight excluding hydrogens is 366 g/mol. The molecule has 0 aliphatic heterocycles. The highest BCUT2D eigenvalue weighted by molar-refractivity contribution is 9.10. The molecule has 0 atom stereocenters. The van der Waals surface area contributed by atoms with Crippen molar-refractivity contribution in [3.05, 3.63) is 57.6 Å². The summed E-state index contributed by atoms with van der Waals surface area (Å²) in [6.45, 7) is 4.27. The van der Waals surface area contributed by atoms with Crippen molar-refractivity contribution in [3.8, 4) is 0 Å². The van der Waals surface area contributed by atoms with E-state index in [0.717, 1.165) is 9.80 Å². The van der Waals surface area contributed by atoms with Gasteiger partial charge in [-0.25, -0.2) is 0 Å². The summed E-state index contributed by atoms with van der Waals surface area (Å²) >= 11 is 7.11. The number of benzene rings is 2. The molecule has 0 saturated carbocycles. The number of halogens is 2. The maximum absolute atomic E-state index is 3.62. The second-order valence-corrected chi connectivity index (χ2v) is 6.23. The highest BCUT2D eigenvalue weighted by Crippen LogP contribution is 2.30. The Hall–Kier alpha value is -0.800. The van der Waals surface area contributed by atoms with Crippen molar-refractivity contribution in [1.82, 2.24) is 0 Å². The number of hydrogen-bond acceptors (Lipinski definition) is 1. The molecule has 0 N–H and O–H groups in total. The number of nitrogens with zero attached hydrogens (tertiary/aromatic N) is 1. The zero-order valence-electron chi connectivity index (χ0n) is 11.4. The van der Waals surface area contributed by atoms with Crippen LogP contribution in [0, 0.1) is 13.8 Å². The van der Waals surface area contributed by atoms with Crippen LogP contribution in [0.5, 0.6) is 0 Å². The average molecular weight is 383 g/mol. The molecule has 2 rings (SSSR count). The summed E-state index contributed by atoms with van der Waals surface area (Å²) in [5.74, 6) is 0. The first-order chi connectivity index (χ1) is 9.01. The lowest BCUT2D eigenvalue weighted by molar-refractivity contribution is 1.18. The lowest BCUT2D eigenvalue weighted by Gasteiger charge is -2.21. The third-order valence-electron chi connectivity index (χ3n) is 3.16. The van der Waals surface area contributed by atoms with Crippen LogP contribution in [0.15, 0.2) is 40.9 Å². The summed E-state index contributed by atoms with van der Waals surface area (Å²) < 4.78 is 1.14. The Morgan fingerprint density at radius 3 is 2.11 bits per heavy atom. The summed E-state index contributed by atoms with van der Waals surface area (Å²) in [5.41, 5.74) is 6.24. The Labute approximate surface area is 131 Å². The third kappa shape index (κ3) is 3.40. The molecule has 19 heavy (non-hydrogen) atoms. The van der Waals surface area contributed by atoms with E-state index in [9.17, 15) is 0 Å². The molecule has 2 aromatic rings. The molecule has 0 aromatic heterocycles. The van der Waals surface area contributed by atoms with Crippen molar-refractivity contribution in [2.45, 2.75) is 19.2 Å². The van der Waals surface area contributed by atoms with E-state index in [4.69, 9.17) is 0 Å². The van der Waals surface area contributed by atoms with E-state index < -0.39 is 0 Å². The maximum Gasteiger partial charge on any atom is 0.0419 e. The molecule has 0 bridgehead atoms. The summed E-state index contributed by atoms with van der Waals surface area (Å²) in [7, 11) is 2.10. The number of alkyl halides is 1. The van der Waals surface area contributed by atoms with Crippen LogP contribution < -0.4 is 4.90 Å². The van der Waals surface area contributed by atoms with Crippen molar-refractivity contribution in [2.75, 3.05) is 11.9 Å². The van der Waals surface area contributed by atoms with Gasteiger partial charge in [0.15, 0.2) is 0 Å². The predicted octanol–water partition coefficient (Wildman–Crippen LogP) is 5.73. The van der Waals surface area contributed by atoms with Crippen molar-refractivity contribution < 1.29 is 0 Å². The van der Waals surface area contributed by atoms with Gasteiger partial charge in [-0.3, -0.25) is 0 Å². The zero-order valence-corrected chi connectivity index (χ0v) is 14.5. The maximum atomic E-state index is 3.62. The molecule has 0 unspecified atom stereocenters. The number of anilines is 2. The first-order valence-corrected chi connectivity index (χ1v) is 8.09. The minimum absolute atomic E-state index is 0.862. The normalized spacial score (nSPS) is 10.6. The first-order valence-electron chi connectivity index (χ1n) is 6.17. The summed E-state index contributed by atoms with van der Waals surface area (Å²) in [6.07, 6.45) is 0. The molecule has 100 valence electrons. The van der Waals surface area contributed by atoms with Crippen LogP contribution in [-0.2, 0) is 5.33 Å². The number of hydrogen-bond donors (Lipinski definition) is 0. The van der Waals surface area contributed by atoms with Gasteiger partial charge in [-0.05, 0) is 54.8 Å². The Kier molecular flexibility index (Phi) is 4.69. The van der Waals surface area contributed by atoms with E-state index in [-0.39, 0.29) is 0 Å². The van der Waals surface area contributed by atoms with E-state index in [1.54, 1.807) is 0 Å². The summed E-state index contributed by atoms with van der Waals surface area (Å²) in [5, 5.41) is 0.862. The Morgan fingerprint density at radius 1 is 0.947 bits per heavy atom. The second kappa shape index (κ2) is 6.10. The van der Waals surface area contributed by atoms with E-state index >= 15 is 0 Å². The van der Waals surface area contributed by atoms with Crippen LogP contribution in [0.3, 0.4) is 0 Å². The van der Waals surface area contributed by atoms with E-state index in [1.165, 1.54) is 28.1 Å². The lowest BCUT2D eigenvalue weighted by Crippen LogP contribution is -2.10. The van der Waals surface area contributed by atoms with Gasteiger partial charge in [-0.2, -0.15) is 0 Å². The topological polar surface area (TPSA) is 3.24 Å². The fourth-order valence-electron chi connectivity index (χ4n) is 2.15. The van der Waals surface area contributed by atoms with Gasteiger partial charge in [0.25, 0.3) is 0 Å². The van der Waals surface area contributed by atoms with Crippen LogP contribution in [-0.4, -0.2) is 7.05 Å².